The number of carbonyl (C=O) groups excluding carboxylic acids is 2. The maximum absolute atomic E-state index is 13.1. The van der Waals surface area contributed by atoms with Gasteiger partial charge in [0, 0.05) is 17.4 Å². The molecule has 0 unspecified atom stereocenters. The third-order valence-electron chi connectivity index (χ3n) is 4.48. The molecule has 4 N–H and O–H groups in total. The molecule has 0 saturated heterocycles. The summed E-state index contributed by atoms with van der Waals surface area (Å²) >= 11 is 0. The quantitative estimate of drug-likeness (QED) is 0.463. The molecular formula is C21H20N6O3. The minimum absolute atomic E-state index is 0.0723. The average Bonchev–Trinajstić information content (AvgIpc) is 3.38. The molecule has 30 heavy (non-hydrogen) atoms. The molecule has 9 nitrogen and oxygen atoms in total. The van der Waals surface area contributed by atoms with Gasteiger partial charge in [0.25, 0.3) is 5.91 Å². The van der Waals surface area contributed by atoms with E-state index in [4.69, 9.17) is 10.2 Å². The standard InChI is InChI=1S/C21H20N6O3/c1-12(2)27-19-16(11-23-27)15(10-17(26-19)18-4-3-9-30-18)20(28)24-13-5-7-14(8-6-13)25-21(22)29/h3-12H,1-2H3,(H,24,28)(H3,22,25,29). The summed E-state index contributed by atoms with van der Waals surface area (Å²) in [5.41, 5.74) is 7.78. The van der Waals surface area contributed by atoms with Gasteiger partial charge in [-0.1, -0.05) is 0 Å². The fourth-order valence-corrected chi connectivity index (χ4v) is 3.11. The molecule has 3 heterocycles. The van der Waals surface area contributed by atoms with Crippen LogP contribution in [0.5, 0.6) is 0 Å². The monoisotopic (exact) mass is 404 g/mol. The van der Waals surface area contributed by atoms with Crippen LogP contribution in [0.15, 0.2) is 59.3 Å². The number of furan rings is 1. The largest absolute Gasteiger partial charge is 0.463 e. The van der Waals surface area contributed by atoms with Crippen LogP contribution in [0, 0.1) is 0 Å². The second kappa shape index (κ2) is 7.70. The smallest absolute Gasteiger partial charge is 0.316 e. The van der Waals surface area contributed by atoms with Crippen molar-refractivity contribution in [3.63, 3.8) is 0 Å². The Morgan fingerprint density at radius 1 is 1.10 bits per heavy atom. The van der Waals surface area contributed by atoms with Crippen LogP contribution in [-0.2, 0) is 0 Å². The molecule has 0 spiro atoms. The highest BCUT2D eigenvalue weighted by molar-refractivity contribution is 6.12. The number of carbonyl (C=O) groups is 2. The first kappa shape index (κ1) is 19.2. The Hall–Kier alpha value is -4.14. The highest BCUT2D eigenvalue weighted by atomic mass is 16.3. The molecule has 0 aliphatic carbocycles. The number of hydrogen-bond donors (Lipinski definition) is 3. The summed E-state index contributed by atoms with van der Waals surface area (Å²) in [5, 5.41) is 10.4. The van der Waals surface area contributed by atoms with Crippen LogP contribution in [0.2, 0.25) is 0 Å². The molecular weight excluding hydrogens is 384 g/mol. The van der Waals surface area contributed by atoms with Crippen molar-refractivity contribution in [1.82, 2.24) is 14.8 Å². The van der Waals surface area contributed by atoms with Crippen molar-refractivity contribution >= 4 is 34.3 Å². The lowest BCUT2D eigenvalue weighted by molar-refractivity contribution is 0.102. The van der Waals surface area contributed by atoms with E-state index in [0.717, 1.165) is 0 Å². The van der Waals surface area contributed by atoms with Gasteiger partial charge in [-0.25, -0.2) is 14.5 Å². The molecule has 0 bridgehead atoms. The minimum atomic E-state index is -0.654. The van der Waals surface area contributed by atoms with Gasteiger partial charge in [0.2, 0.25) is 0 Å². The molecule has 0 saturated carbocycles. The number of aromatic nitrogens is 3. The molecule has 4 rings (SSSR count). The van der Waals surface area contributed by atoms with Crippen LogP contribution in [0.3, 0.4) is 0 Å². The summed E-state index contributed by atoms with van der Waals surface area (Å²) in [6, 6.07) is 11.3. The summed E-state index contributed by atoms with van der Waals surface area (Å²) < 4.78 is 7.24. The normalized spacial score (nSPS) is 11.0. The van der Waals surface area contributed by atoms with Gasteiger partial charge < -0.3 is 20.8 Å². The van der Waals surface area contributed by atoms with E-state index in [9.17, 15) is 9.59 Å². The van der Waals surface area contributed by atoms with Crippen molar-refractivity contribution in [2.45, 2.75) is 19.9 Å². The topological polar surface area (TPSA) is 128 Å². The van der Waals surface area contributed by atoms with E-state index in [1.165, 1.54) is 0 Å². The number of hydrogen-bond acceptors (Lipinski definition) is 5. The number of primary amides is 1. The summed E-state index contributed by atoms with van der Waals surface area (Å²) in [7, 11) is 0. The zero-order valence-corrected chi connectivity index (χ0v) is 16.4. The van der Waals surface area contributed by atoms with Gasteiger partial charge in [0.15, 0.2) is 11.4 Å². The summed E-state index contributed by atoms with van der Waals surface area (Å²) in [6.45, 7) is 3.99. The van der Waals surface area contributed by atoms with E-state index in [2.05, 4.69) is 20.7 Å². The molecule has 0 aliphatic rings. The van der Waals surface area contributed by atoms with Crippen LogP contribution in [0.1, 0.15) is 30.2 Å². The maximum Gasteiger partial charge on any atom is 0.316 e. The number of urea groups is 1. The number of anilines is 2. The first-order valence-electron chi connectivity index (χ1n) is 9.32. The number of amides is 3. The number of nitrogens with two attached hydrogens (primary N) is 1. The van der Waals surface area contributed by atoms with E-state index >= 15 is 0 Å². The van der Waals surface area contributed by atoms with Crippen molar-refractivity contribution in [1.29, 1.82) is 0 Å². The van der Waals surface area contributed by atoms with Crippen molar-refractivity contribution < 1.29 is 14.0 Å². The molecule has 0 radical (unpaired) electrons. The van der Waals surface area contributed by atoms with Crippen LogP contribution >= 0.6 is 0 Å². The molecule has 0 fully saturated rings. The van der Waals surface area contributed by atoms with Gasteiger partial charge in [-0.15, -0.1) is 0 Å². The molecule has 0 atom stereocenters. The molecule has 0 aliphatic heterocycles. The second-order valence-electron chi connectivity index (χ2n) is 6.97. The van der Waals surface area contributed by atoms with Gasteiger partial charge in [0.05, 0.1) is 23.4 Å². The zero-order valence-electron chi connectivity index (χ0n) is 16.4. The third kappa shape index (κ3) is 3.72. The highest BCUT2D eigenvalue weighted by Gasteiger charge is 2.19. The second-order valence-corrected chi connectivity index (χ2v) is 6.97. The molecule has 9 heteroatoms. The molecule has 4 aromatic rings. The van der Waals surface area contributed by atoms with Crippen LogP contribution in [0.4, 0.5) is 16.2 Å². The SMILES string of the molecule is CC(C)n1ncc2c(C(=O)Nc3ccc(NC(N)=O)cc3)cc(-c3ccco3)nc21. The van der Waals surface area contributed by atoms with Crippen molar-refractivity contribution in [2.24, 2.45) is 5.73 Å². The molecule has 3 aromatic heterocycles. The van der Waals surface area contributed by atoms with Crippen molar-refractivity contribution in [3.8, 4) is 11.5 Å². The summed E-state index contributed by atoms with van der Waals surface area (Å²) in [5.74, 6) is 0.249. The summed E-state index contributed by atoms with van der Waals surface area (Å²) in [6.07, 6.45) is 3.20. The first-order chi connectivity index (χ1) is 14.4. The van der Waals surface area contributed by atoms with Gasteiger partial charge in [-0.3, -0.25) is 4.79 Å². The number of pyridine rings is 1. The minimum Gasteiger partial charge on any atom is -0.463 e. The molecule has 152 valence electrons. The van der Waals surface area contributed by atoms with Crippen LogP contribution < -0.4 is 16.4 Å². The lowest BCUT2D eigenvalue weighted by Gasteiger charge is -2.10. The molecule has 3 amide bonds. The van der Waals surface area contributed by atoms with E-state index in [1.807, 2.05) is 13.8 Å². The average molecular weight is 404 g/mol. The Morgan fingerprint density at radius 3 is 2.40 bits per heavy atom. The van der Waals surface area contributed by atoms with Crippen LogP contribution in [0.25, 0.3) is 22.5 Å². The highest BCUT2D eigenvalue weighted by Crippen LogP contribution is 2.27. The number of nitrogens with one attached hydrogen (secondary N) is 2. The van der Waals surface area contributed by atoms with Gasteiger partial charge >= 0.3 is 6.03 Å². The third-order valence-corrected chi connectivity index (χ3v) is 4.48. The van der Waals surface area contributed by atoms with Crippen molar-refractivity contribution in [3.05, 3.63) is 60.5 Å². The number of fused-ring (bicyclic) bond motifs is 1. The Morgan fingerprint density at radius 2 is 1.80 bits per heavy atom. The Labute approximate surface area is 171 Å². The lowest BCUT2D eigenvalue weighted by atomic mass is 10.1. The first-order valence-corrected chi connectivity index (χ1v) is 9.32. The Kier molecular flexibility index (Phi) is 4.93. The van der Waals surface area contributed by atoms with Gasteiger partial charge in [0.1, 0.15) is 5.69 Å². The number of rotatable bonds is 5. The zero-order chi connectivity index (χ0) is 21.3. The number of benzene rings is 1. The van der Waals surface area contributed by atoms with E-state index < -0.39 is 6.03 Å². The fraction of sp³-hybridized carbons (Fsp3) is 0.143. The van der Waals surface area contributed by atoms with E-state index in [1.54, 1.807) is 59.6 Å². The van der Waals surface area contributed by atoms with Crippen molar-refractivity contribution in [2.75, 3.05) is 10.6 Å². The maximum atomic E-state index is 13.1. The van der Waals surface area contributed by atoms with E-state index in [-0.39, 0.29) is 11.9 Å². The lowest BCUT2D eigenvalue weighted by Crippen LogP contribution is -2.19. The van der Waals surface area contributed by atoms with Crippen LogP contribution in [-0.4, -0.2) is 26.7 Å². The summed E-state index contributed by atoms with van der Waals surface area (Å²) in [4.78, 5) is 28.7. The molecule has 1 aromatic carbocycles. The Balaban J connectivity index is 1.71. The van der Waals surface area contributed by atoms with Gasteiger partial charge in [-0.05, 0) is 56.3 Å². The predicted molar refractivity (Wildman–Crippen MR) is 113 cm³/mol. The predicted octanol–water partition coefficient (Wildman–Crippen LogP) is 4.02. The number of nitrogens with zero attached hydrogens (tertiary/aromatic N) is 3. The Bertz CT molecular complexity index is 1210. The van der Waals surface area contributed by atoms with E-state index in [0.29, 0.717) is 39.4 Å². The fourth-order valence-electron chi connectivity index (χ4n) is 3.11. The van der Waals surface area contributed by atoms with Gasteiger partial charge in [-0.2, -0.15) is 5.10 Å².